The highest BCUT2D eigenvalue weighted by Crippen LogP contribution is 2.29. The van der Waals surface area contributed by atoms with Crippen molar-refractivity contribution in [2.45, 2.75) is 51.6 Å². The number of nitrogens with one attached hydrogen (secondary N) is 1. The van der Waals surface area contributed by atoms with Gasteiger partial charge >= 0.3 is 0 Å². The zero-order chi connectivity index (χ0) is 12.5. The summed E-state index contributed by atoms with van der Waals surface area (Å²) in [6, 6.07) is 8.10. The lowest BCUT2D eigenvalue weighted by molar-refractivity contribution is 0.188. The van der Waals surface area contributed by atoms with Crippen molar-refractivity contribution in [3.05, 3.63) is 29.3 Å². The maximum atomic E-state index is 3.78. The van der Waals surface area contributed by atoms with Crippen molar-refractivity contribution >= 4 is 5.69 Å². The summed E-state index contributed by atoms with van der Waals surface area (Å²) >= 11 is 0. The Kier molecular flexibility index (Phi) is 3.29. The summed E-state index contributed by atoms with van der Waals surface area (Å²) in [6.45, 7) is 7.04. The van der Waals surface area contributed by atoms with E-state index in [1.165, 1.54) is 55.6 Å². The van der Waals surface area contributed by atoms with Gasteiger partial charge in [-0.2, -0.15) is 0 Å². The number of nitrogens with zero attached hydrogens (tertiary/aromatic N) is 1. The molecule has 0 amide bonds. The summed E-state index contributed by atoms with van der Waals surface area (Å²) in [7, 11) is 0. The third-order valence-electron chi connectivity index (χ3n) is 4.78. The first-order valence-electron chi connectivity index (χ1n) is 7.31. The van der Waals surface area contributed by atoms with E-state index in [4.69, 9.17) is 0 Å². The highest BCUT2D eigenvalue weighted by molar-refractivity contribution is 5.54. The Morgan fingerprint density at radius 2 is 2.06 bits per heavy atom. The van der Waals surface area contributed by atoms with Crippen LogP contribution >= 0.6 is 0 Å². The van der Waals surface area contributed by atoms with Crippen LogP contribution in [0, 0.1) is 13.8 Å². The van der Waals surface area contributed by atoms with E-state index in [0.717, 1.165) is 6.04 Å². The van der Waals surface area contributed by atoms with Gasteiger partial charge in [0.25, 0.3) is 0 Å². The molecule has 2 atom stereocenters. The van der Waals surface area contributed by atoms with E-state index in [1.54, 1.807) is 0 Å². The van der Waals surface area contributed by atoms with Gasteiger partial charge in [-0.05, 0) is 63.3 Å². The monoisotopic (exact) mass is 244 g/mol. The fourth-order valence-corrected chi connectivity index (χ4v) is 3.48. The number of hydrogen-bond donors (Lipinski definition) is 1. The molecule has 0 aromatic heterocycles. The Morgan fingerprint density at radius 1 is 1.17 bits per heavy atom. The van der Waals surface area contributed by atoms with Crippen LogP contribution in [0.3, 0.4) is 0 Å². The maximum Gasteiger partial charge on any atom is 0.0374 e. The summed E-state index contributed by atoms with van der Waals surface area (Å²) in [6.07, 6.45) is 5.43. The van der Waals surface area contributed by atoms with Gasteiger partial charge in [0.2, 0.25) is 0 Å². The van der Waals surface area contributed by atoms with E-state index in [0.29, 0.717) is 6.04 Å². The Hall–Kier alpha value is -1.02. The molecular formula is C16H24N2. The lowest BCUT2D eigenvalue weighted by Crippen LogP contribution is -2.42. The van der Waals surface area contributed by atoms with E-state index in [-0.39, 0.29) is 0 Å². The van der Waals surface area contributed by atoms with E-state index in [1.807, 2.05) is 0 Å². The van der Waals surface area contributed by atoms with Crippen LogP contribution < -0.4 is 5.32 Å². The second-order valence-corrected chi connectivity index (χ2v) is 5.95. The van der Waals surface area contributed by atoms with E-state index >= 15 is 0 Å². The largest absolute Gasteiger partial charge is 0.382 e. The first-order valence-corrected chi connectivity index (χ1v) is 7.31. The number of piperidine rings is 1. The zero-order valence-electron chi connectivity index (χ0n) is 11.6. The van der Waals surface area contributed by atoms with Crippen molar-refractivity contribution in [3.63, 3.8) is 0 Å². The molecule has 2 heterocycles. The van der Waals surface area contributed by atoms with E-state index in [9.17, 15) is 0 Å². The number of hydrogen-bond acceptors (Lipinski definition) is 2. The Bertz CT molecular complexity index is 427. The molecule has 1 aromatic rings. The molecule has 3 rings (SSSR count). The van der Waals surface area contributed by atoms with Gasteiger partial charge in [-0.1, -0.05) is 12.1 Å². The van der Waals surface area contributed by atoms with Gasteiger partial charge in [-0.15, -0.1) is 0 Å². The third-order valence-corrected chi connectivity index (χ3v) is 4.78. The predicted octanol–water partition coefficient (Wildman–Crippen LogP) is 3.34. The summed E-state index contributed by atoms with van der Waals surface area (Å²) in [5.74, 6) is 0. The van der Waals surface area contributed by atoms with Crippen molar-refractivity contribution in [1.29, 1.82) is 0 Å². The van der Waals surface area contributed by atoms with Crippen molar-refractivity contribution in [2.24, 2.45) is 0 Å². The predicted molar refractivity (Wildman–Crippen MR) is 77.2 cm³/mol. The van der Waals surface area contributed by atoms with Gasteiger partial charge in [0.05, 0.1) is 0 Å². The molecule has 0 spiro atoms. The number of benzene rings is 1. The Balaban J connectivity index is 1.68. The van der Waals surface area contributed by atoms with Crippen molar-refractivity contribution in [1.82, 2.24) is 4.90 Å². The molecule has 98 valence electrons. The molecule has 0 radical (unpaired) electrons. The quantitative estimate of drug-likeness (QED) is 0.858. The molecule has 1 N–H and O–H groups in total. The van der Waals surface area contributed by atoms with Gasteiger partial charge in [-0.3, -0.25) is 0 Å². The second kappa shape index (κ2) is 4.93. The standard InChI is InChI=1S/C16H24N2/c1-12-5-3-7-16(13(12)2)17-14-8-10-18-9-4-6-15(18)11-14/h3,5,7,14-15,17H,4,6,8-11H2,1-2H3. The Morgan fingerprint density at radius 3 is 2.94 bits per heavy atom. The minimum Gasteiger partial charge on any atom is -0.382 e. The molecular weight excluding hydrogens is 220 g/mol. The van der Waals surface area contributed by atoms with Crippen molar-refractivity contribution in [3.8, 4) is 0 Å². The third kappa shape index (κ3) is 2.26. The van der Waals surface area contributed by atoms with Crippen LogP contribution in [0.15, 0.2) is 18.2 Å². The van der Waals surface area contributed by atoms with Crippen LogP contribution in [-0.2, 0) is 0 Å². The minimum absolute atomic E-state index is 0.671. The maximum absolute atomic E-state index is 3.78. The summed E-state index contributed by atoms with van der Waals surface area (Å²) in [5.41, 5.74) is 4.14. The molecule has 18 heavy (non-hydrogen) atoms. The molecule has 0 saturated carbocycles. The van der Waals surface area contributed by atoms with Crippen LogP contribution in [-0.4, -0.2) is 30.1 Å². The molecule has 0 aliphatic carbocycles. The van der Waals surface area contributed by atoms with E-state index in [2.05, 4.69) is 42.3 Å². The fourth-order valence-electron chi connectivity index (χ4n) is 3.48. The van der Waals surface area contributed by atoms with Crippen molar-refractivity contribution in [2.75, 3.05) is 18.4 Å². The van der Waals surface area contributed by atoms with Gasteiger partial charge < -0.3 is 10.2 Å². The minimum atomic E-state index is 0.671. The van der Waals surface area contributed by atoms with Gasteiger partial charge in [0.1, 0.15) is 0 Å². The van der Waals surface area contributed by atoms with Crippen LogP contribution in [0.5, 0.6) is 0 Å². The summed E-state index contributed by atoms with van der Waals surface area (Å²) in [5, 5.41) is 3.78. The van der Waals surface area contributed by atoms with Crippen LogP contribution in [0.1, 0.15) is 36.8 Å². The summed E-state index contributed by atoms with van der Waals surface area (Å²) < 4.78 is 0. The molecule has 2 aliphatic heterocycles. The molecule has 2 fully saturated rings. The molecule has 2 unspecified atom stereocenters. The lowest BCUT2D eigenvalue weighted by Gasteiger charge is -2.36. The highest BCUT2D eigenvalue weighted by Gasteiger charge is 2.31. The van der Waals surface area contributed by atoms with Crippen LogP contribution in [0.25, 0.3) is 0 Å². The van der Waals surface area contributed by atoms with Gasteiger partial charge in [0, 0.05) is 24.3 Å². The number of fused-ring (bicyclic) bond motifs is 1. The van der Waals surface area contributed by atoms with Gasteiger partial charge in [0.15, 0.2) is 0 Å². The number of rotatable bonds is 2. The Labute approximate surface area is 110 Å². The van der Waals surface area contributed by atoms with E-state index < -0.39 is 0 Å². The SMILES string of the molecule is Cc1cccc(NC2CCN3CCCC3C2)c1C. The first-order chi connectivity index (χ1) is 8.74. The van der Waals surface area contributed by atoms with Crippen LogP contribution in [0.2, 0.25) is 0 Å². The molecule has 2 nitrogen and oxygen atoms in total. The highest BCUT2D eigenvalue weighted by atomic mass is 15.2. The average Bonchev–Trinajstić information content (AvgIpc) is 2.82. The van der Waals surface area contributed by atoms with Crippen molar-refractivity contribution < 1.29 is 0 Å². The van der Waals surface area contributed by atoms with Gasteiger partial charge in [-0.25, -0.2) is 0 Å². The molecule has 1 aromatic carbocycles. The first kappa shape index (κ1) is 12.0. The normalized spacial score (nSPS) is 28.1. The number of aryl methyl sites for hydroxylation is 1. The summed E-state index contributed by atoms with van der Waals surface area (Å²) in [4.78, 5) is 2.68. The molecule has 2 heteroatoms. The smallest absolute Gasteiger partial charge is 0.0374 e. The fraction of sp³-hybridized carbons (Fsp3) is 0.625. The molecule has 2 aliphatic rings. The zero-order valence-corrected chi connectivity index (χ0v) is 11.6. The molecule has 0 bridgehead atoms. The lowest BCUT2D eigenvalue weighted by atomic mass is 9.96. The average molecular weight is 244 g/mol. The second-order valence-electron chi connectivity index (χ2n) is 5.95. The number of anilines is 1. The topological polar surface area (TPSA) is 15.3 Å². The molecule has 2 saturated heterocycles. The van der Waals surface area contributed by atoms with Crippen LogP contribution in [0.4, 0.5) is 5.69 Å².